The molecular formula is C19H21BrClN3OS. The summed E-state index contributed by atoms with van der Waals surface area (Å²) < 4.78 is 6.45. The molecule has 1 aliphatic rings. The number of rotatable bonds is 4. The zero-order valence-corrected chi connectivity index (χ0v) is 17.7. The number of nitrogens with one attached hydrogen (secondary N) is 2. The summed E-state index contributed by atoms with van der Waals surface area (Å²) in [6.07, 6.45) is 1.92. The fourth-order valence-corrected chi connectivity index (χ4v) is 3.99. The number of hydrogen-bond donors (Lipinski definition) is 2. The molecule has 0 aliphatic carbocycles. The number of pyridine rings is 1. The molecule has 0 unspecified atom stereocenters. The molecule has 2 N–H and O–H groups in total. The summed E-state index contributed by atoms with van der Waals surface area (Å²) in [6.45, 7) is 4.17. The van der Waals surface area contributed by atoms with Crippen molar-refractivity contribution < 1.29 is 4.74 Å². The van der Waals surface area contributed by atoms with Crippen LogP contribution in [0, 0.1) is 6.92 Å². The molecule has 1 aromatic heterocycles. The van der Waals surface area contributed by atoms with Gasteiger partial charge in [0.25, 0.3) is 0 Å². The third kappa shape index (κ3) is 4.55. The van der Waals surface area contributed by atoms with Gasteiger partial charge >= 0.3 is 0 Å². The maximum Gasteiger partial charge on any atom is 0.172 e. The SMILES string of the molecule is Cc1nc(NC(=S)NCC2(c3ccccc3)CCOCC2)c(Cl)cc1Br. The van der Waals surface area contributed by atoms with Crippen LogP contribution >= 0.6 is 39.7 Å². The molecule has 0 atom stereocenters. The number of halogens is 2. The van der Waals surface area contributed by atoms with Crippen molar-refractivity contribution in [3.63, 3.8) is 0 Å². The quantitative estimate of drug-likeness (QED) is 0.647. The van der Waals surface area contributed by atoms with Crippen LogP contribution in [-0.4, -0.2) is 29.9 Å². The Bertz CT molecular complexity index is 782. The first-order valence-electron chi connectivity index (χ1n) is 8.51. The van der Waals surface area contributed by atoms with E-state index in [1.807, 2.05) is 19.1 Å². The van der Waals surface area contributed by atoms with Gasteiger partial charge < -0.3 is 15.4 Å². The molecule has 2 heterocycles. The summed E-state index contributed by atoms with van der Waals surface area (Å²) >= 11 is 15.2. The number of nitrogens with zero attached hydrogens (tertiary/aromatic N) is 1. The number of aryl methyl sites for hydroxylation is 1. The Morgan fingerprint density at radius 1 is 1.31 bits per heavy atom. The Hall–Kier alpha value is -1.21. The molecule has 0 saturated carbocycles. The molecule has 4 nitrogen and oxygen atoms in total. The second-order valence-electron chi connectivity index (χ2n) is 6.45. The van der Waals surface area contributed by atoms with Crippen molar-refractivity contribution >= 4 is 50.7 Å². The molecule has 0 spiro atoms. The van der Waals surface area contributed by atoms with E-state index in [9.17, 15) is 0 Å². The molecule has 0 bridgehead atoms. The minimum absolute atomic E-state index is 0.0120. The van der Waals surface area contributed by atoms with Gasteiger partial charge in [-0.1, -0.05) is 41.9 Å². The van der Waals surface area contributed by atoms with Crippen LogP contribution in [0.3, 0.4) is 0 Å². The first kappa shape index (κ1) is 19.5. The third-order valence-corrected chi connectivity index (χ3v) is 6.10. The van der Waals surface area contributed by atoms with Crippen LogP contribution in [0.4, 0.5) is 5.82 Å². The largest absolute Gasteiger partial charge is 0.381 e. The normalized spacial score (nSPS) is 16.1. The van der Waals surface area contributed by atoms with Gasteiger partial charge in [-0.25, -0.2) is 4.98 Å². The maximum absolute atomic E-state index is 6.26. The fourth-order valence-electron chi connectivity index (χ4n) is 3.17. The van der Waals surface area contributed by atoms with E-state index in [4.69, 9.17) is 28.6 Å². The number of ether oxygens (including phenoxy) is 1. The minimum atomic E-state index is 0.0120. The van der Waals surface area contributed by atoms with E-state index in [-0.39, 0.29) is 5.41 Å². The van der Waals surface area contributed by atoms with Crippen LogP contribution in [-0.2, 0) is 10.2 Å². The van der Waals surface area contributed by atoms with Crippen LogP contribution in [0.2, 0.25) is 5.02 Å². The van der Waals surface area contributed by atoms with Gasteiger partial charge in [0, 0.05) is 29.6 Å². The Balaban J connectivity index is 1.70. The van der Waals surface area contributed by atoms with E-state index in [0.29, 0.717) is 16.0 Å². The predicted octanol–water partition coefficient (Wildman–Crippen LogP) is 4.84. The summed E-state index contributed by atoms with van der Waals surface area (Å²) in [5, 5.41) is 7.51. The third-order valence-electron chi connectivity index (χ3n) is 4.76. The van der Waals surface area contributed by atoms with Gasteiger partial charge in [-0.3, -0.25) is 0 Å². The molecule has 0 radical (unpaired) electrons. The second-order valence-corrected chi connectivity index (χ2v) is 8.12. The summed E-state index contributed by atoms with van der Waals surface area (Å²) in [5.74, 6) is 0.561. The minimum Gasteiger partial charge on any atom is -0.381 e. The highest BCUT2D eigenvalue weighted by atomic mass is 79.9. The number of anilines is 1. The molecular weight excluding hydrogens is 434 g/mol. The number of benzene rings is 1. The molecule has 26 heavy (non-hydrogen) atoms. The van der Waals surface area contributed by atoms with Crippen molar-refractivity contribution in [3.8, 4) is 0 Å². The van der Waals surface area contributed by atoms with E-state index in [1.165, 1.54) is 5.56 Å². The lowest BCUT2D eigenvalue weighted by atomic mass is 9.74. The molecule has 1 aromatic carbocycles. The Morgan fingerprint density at radius 2 is 2.00 bits per heavy atom. The zero-order chi connectivity index (χ0) is 18.6. The van der Waals surface area contributed by atoms with E-state index in [0.717, 1.165) is 42.8 Å². The van der Waals surface area contributed by atoms with Gasteiger partial charge in [-0.2, -0.15) is 0 Å². The lowest BCUT2D eigenvalue weighted by Crippen LogP contribution is -2.45. The monoisotopic (exact) mass is 453 g/mol. The fraction of sp³-hybridized carbons (Fsp3) is 0.368. The Kier molecular flexibility index (Phi) is 6.51. The summed E-state index contributed by atoms with van der Waals surface area (Å²) in [4.78, 5) is 4.45. The average molecular weight is 455 g/mol. The molecule has 3 rings (SSSR count). The van der Waals surface area contributed by atoms with Crippen molar-refractivity contribution in [1.82, 2.24) is 10.3 Å². The highest BCUT2D eigenvalue weighted by Gasteiger charge is 2.34. The molecule has 138 valence electrons. The van der Waals surface area contributed by atoms with Crippen molar-refractivity contribution in [2.24, 2.45) is 0 Å². The van der Waals surface area contributed by atoms with Gasteiger partial charge in [0.2, 0.25) is 0 Å². The van der Waals surface area contributed by atoms with E-state index >= 15 is 0 Å². The molecule has 1 fully saturated rings. The van der Waals surface area contributed by atoms with Crippen molar-refractivity contribution in [2.75, 3.05) is 25.1 Å². The molecule has 1 aliphatic heterocycles. The molecule has 0 amide bonds. The van der Waals surface area contributed by atoms with Crippen molar-refractivity contribution in [1.29, 1.82) is 0 Å². The summed E-state index contributed by atoms with van der Waals surface area (Å²) in [7, 11) is 0. The van der Waals surface area contributed by atoms with E-state index < -0.39 is 0 Å². The van der Waals surface area contributed by atoms with Gasteiger partial charge in [-0.15, -0.1) is 0 Å². The lowest BCUT2D eigenvalue weighted by Gasteiger charge is -2.38. The van der Waals surface area contributed by atoms with Gasteiger partial charge in [-0.05, 0) is 59.5 Å². The van der Waals surface area contributed by atoms with Crippen molar-refractivity contribution in [3.05, 3.63) is 57.2 Å². The lowest BCUT2D eigenvalue weighted by molar-refractivity contribution is 0.0515. The highest BCUT2D eigenvalue weighted by molar-refractivity contribution is 9.10. The smallest absolute Gasteiger partial charge is 0.172 e. The van der Waals surface area contributed by atoms with Gasteiger partial charge in [0.1, 0.15) is 0 Å². The van der Waals surface area contributed by atoms with Gasteiger partial charge in [0.05, 0.1) is 10.7 Å². The Labute approximate surface area is 172 Å². The summed E-state index contributed by atoms with van der Waals surface area (Å²) in [6, 6.07) is 12.4. The molecule has 7 heteroatoms. The number of aromatic nitrogens is 1. The first-order chi connectivity index (χ1) is 12.5. The number of hydrogen-bond acceptors (Lipinski definition) is 3. The summed E-state index contributed by atoms with van der Waals surface area (Å²) in [5.41, 5.74) is 2.18. The average Bonchev–Trinajstić information content (AvgIpc) is 2.66. The van der Waals surface area contributed by atoms with Gasteiger partial charge in [0.15, 0.2) is 10.9 Å². The topological polar surface area (TPSA) is 46.2 Å². The maximum atomic E-state index is 6.26. The van der Waals surface area contributed by atoms with Crippen LogP contribution < -0.4 is 10.6 Å². The van der Waals surface area contributed by atoms with Crippen LogP contribution in [0.5, 0.6) is 0 Å². The highest BCUT2D eigenvalue weighted by Crippen LogP contribution is 2.34. The Morgan fingerprint density at radius 3 is 2.69 bits per heavy atom. The van der Waals surface area contributed by atoms with E-state index in [1.54, 1.807) is 0 Å². The van der Waals surface area contributed by atoms with Crippen LogP contribution in [0.15, 0.2) is 40.9 Å². The standard InChI is InChI=1S/C19H21BrClN3OS/c1-13-15(20)11-16(21)17(23-13)24-18(26)22-12-19(7-9-25-10-8-19)14-5-3-2-4-6-14/h2-6,11H,7-10,12H2,1H3,(H2,22,23,24,26). The predicted molar refractivity (Wildman–Crippen MR) is 114 cm³/mol. The first-order valence-corrected chi connectivity index (χ1v) is 10.1. The molecule has 1 saturated heterocycles. The van der Waals surface area contributed by atoms with Crippen LogP contribution in [0.25, 0.3) is 0 Å². The number of thiocarbonyl (C=S) groups is 1. The zero-order valence-electron chi connectivity index (χ0n) is 14.5. The second kappa shape index (κ2) is 8.65. The molecule has 2 aromatic rings. The van der Waals surface area contributed by atoms with E-state index in [2.05, 4.69) is 55.8 Å². The van der Waals surface area contributed by atoms with Crippen LogP contribution in [0.1, 0.15) is 24.1 Å². The van der Waals surface area contributed by atoms with Crippen molar-refractivity contribution in [2.45, 2.75) is 25.2 Å².